The van der Waals surface area contributed by atoms with Crippen molar-refractivity contribution in [1.29, 1.82) is 0 Å². The van der Waals surface area contributed by atoms with E-state index in [2.05, 4.69) is 12.1 Å². The van der Waals surface area contributed by atoms with Gasteiger partial charge in [0.15, 0.2) is 0 Å². The maximum Gasteiger partial charge on any atom is 0.425 e. The summed E-state index contributed by atoms with van der Waals surface area (Å²) in [6.07, 6.45) is 2.62. The topological polar surface area (TPSA) is 49.9 Å². The lowest BCUT2D eigenvalue weighted by molar-refractivity contribution is -0.112. The molecule has 1 atom stereocenters. The molecule has 0 aliphatic carbocycles. The fourth-order valence-electron chi connectivity index (χ4n) is 3.27. The second-order valence-corrected chi connectivity index (χ2v) is 8.29. The summed E-state index contributed by atoms with van der Waals surface area (Å²) in [7, 11) is 0. The van der Waals surface area contributed by atoms with Crippen LogP contribution in [0.1, 0.15) is 58.4 Å². The van der Waals surface area contributed by atoms with Gasteiger partial charge in [-0.25, -0.2) is 14.8 Å². The molecule has 0 spiro atoms. The van der Waals surface area contributed by atoms with Crippen LogP contribution in [0, 0.1) is 0 Å². The highest BCUT2D eigenvalue weighted by atomic mass is 35.5. The van der Waals surface area contributed by atoms with Gasteiger partial charge in [-0.05, 0) is 64.2 Å². The molecule has 0 N–H and O–H groups in total. The lowest BCUT2D eigenvalue weighted by atomic mass is 9.90. The van der Waals surface area contributed by atoms with Crippen LogP contribution in [0.3, 0.4) is 0 Å². The number of hydrazine groups is 1. The molecule has 1 aliphatic rings. The second-order valence-electron chi connectivity index (χ2n) is 7.86. The molecular formula is C20H29ClN2O3. The van der Waals surface area contributed by atoms with E-state index in [4.69, 9.17) is 16.3 Å². The number of rotatable bonds is 5. The molecule has 0 bridgehead atoms. The zero-order valence-electron chi connectivity index (χ0n) is 16.1. The van der Waals surface area contributed by atoms with E-state index in [0.717, 1.165) is 37.2 Å². The van der Waals surface area contributed by atoms with Crippen LogP contribution in [-0.2, 0) is 9.53 Å². The van der Waals surface area contributed by atoms with E-state index < -0.39 is 11.7 Å². The van der Waals surface area contributed by atoms with Gasteiger partial charge in [0.25, 0.3) is 0 Å². The van der Waals surface area contributed by atoms with Crippen LogP contribution in [0.25, 0.3) is 0 Å². The van der Waals surface area contributed by atoms with Crippen molar-refractivity contribution >= 4 is 24.0 Å². The first kappa shape index (κ1) is 20.7. The predicted molar refractivity (Wildman–Crippen MR) is 103 cm³/mol. The molecule has 1 aromatic rings. The number of aldehydes is 1. The van der Waals surface area contributed by atoms with Gasteiger partial charge in [-0.1, -0.05) is 23.7 Å². The molecular weight excluding hydrogens is 352 g/mol. The van der Waals surface area contributed by atoms with Crippen LogP contribution in [-0.4, -0.2) is 47.1 Å². The van der Waals surface area contributed by atoms with Gasteiger partial charge in [0.1, 0.15) is 11.9 Å². The van der Waals surface area contributed by atoms with Crippen LogP contribution in [0.2, 0.25) is 5.02 Å². The molecule has 0 radical (unpaired) electrons. The average Bonchev–Trinajstić information content (AvgIpc) is 2.55. The highest BCUT2D eigenvalue weighted by Gasteiger charge is 2.33. The van der Waals surface area contributed by atoms with Gasteiger partial charge in [-0.3, -0.25) is 0 Å². The first-order valence-corrected chi connectivity index (χ1v) is 9.55. The van der Waals surface area contributed by atoms with E-state index in [1.807, 2.05) is 44.8 Å². The van der Waals surface area contributed by atoms with Gasteiger partial charge in [0, 0.05) is 24.5 Å². The van der Waals surface area contributed by atoms with Crippen LogP contribution in [0.4, 0.5) is 4.79 Å². The highest BCUT2D eigenvalue weighted by Crippen LogP contribution is 2.30. The van der Waals surface area contributed by atoms with Crippen LogP contribution in [0.15, 0.2) is 24.3 Å². The standard InChI is InChI=1S/C20H29ClN2O3/c1-15(11-14-24)23(19(25)26-20(2,3)4)22-12-9-17(10-13-22)16-5-7-18(21)8-6-16/h5-8,14-15,17H,9-13H2,1-4H3. The normalized spacial score (nSPS) is 17.6. The van der Waals surface area contributed by atoms with Crippen molar-refractivity contribution < 1.29 is 14.3 Å². The molecule has 144 valence electrons. The molecule has 26 heavy (non-hydrogen) atoms. The summed E-state index contributed by atoms with van der Waals surface area (Å²) in [6.45, 7) is 8.91. The number of ether oxygens (including phenoxy) is 1. The number of benzene rings is 1. The Bertz CT molecular complexity index is 604. The maximum absolute atomic E-state index is 12.7. The molecule has 1 unspecified atom stereocenters. The maximum atomic E-state index is 12.7. The van der Waals surface area contributed by atoms with Crippen molar-refractivity contribution in [3.8, 4) is 0 Å². The number of carbonyl (C=O) groups is 2. The number of amides is 1. The fraction of sp³-hybridized carbons (Fsp3) is 0.600. The van der Waals surface area contributed by atoms with Gasteiger partial charge in [0.05, 0.1) is 6.04 Å². The molecule has 6 heteroatoms. The van der Waals surface area contributed by atoms with Crippen LogP contribution < -0.4 is 0 Å². The molecule has 5 nitrogen and oxygen atoms in total. The highest BCUT2D eigenvalue weighted by molar-refractivity contribution is 6.30. The largest absolute Gasteiger partial charge is 0.443 e. The molecule has 0 saturated carbocycles. The lowest BCUT2D eigenvalue weighted by Gasteiger charge is -2.42. The van der Waals surface area contributed by atoms with E-state index in [-0.39, 0.29) is 12.5 Å². The number of hydrogen-bond acceptors (Lipinski definition) is 4. The van der Waals surface area contributed by atoms with E-state index in [1.165, 1.54) is 5.56 Å². The number of piperidine rings is 1. The van der Waals surface area contributed by atoms with E-state index in [1.54, 1.807) is 5.01 Å². The Hall–Kier alpha value is -1.59. The number of nitrogens with zero attached hydrogens (tertiary/aromatic N) is 2. The smallest absolute Gasteiger partial charge is 0.425 e. The SMILES string of the molecule is CC(CC=O)N(C(=O)OC(C)(C)C)N1CCC(c2ccc(Cl)cc2)CC1. The first-order valence-electron chi connectivity index (χ1n) is 9.17. The summed E-state index contributed by atoms with van der Waals surface area (Å²) in [4.78, 5) is 23.7. The minimum atomic E-state index is -0.572. The predicted octanol–water partition coefficient (Wildman–Crippen LogP) is 4.65. The number of hydrogen-bond donors (Lipinski definition) is 0. The minimum Gasteiger partial charge on any atom is -0.443 e. The molecule has 1 heterocycles. The van der Waals surface area contributed by atoms with Gasteiger partial charge in [-0.15, -0.1) is 0 Å². The molecule has 2 rings (SSSR count). The molecule has 1 amide bonds. The Morgan fingerprint density at radius 1 is 1.31 bits per heavy atom. The summed E-state index contributed by atoms with van der Waals surface area (Å²) >= 11 is 5.97. The van der Waals surface area contributed by atoms with E-state index >= 15 is 0 Å². The Labute approximate surface area is 161 Å². The molecule has 1 saturated heterocycles. The fourth-order valence-corrected chi connectivity index (χ4v) is 3.40. The zero-order chi connectivity index (χ0) is 19.3. The Morgan fingerprint density at radius 3 is 2.38 bits per heavy atom. The van der Waals surface area contributed by atoms with Crippen molar-refractivity contribution in [3.63, 3.8) is 0 Å². The van der Waals surface area contributed by atoms with E-state index in [9.17, 15) is 9.59 Å². The van der Waals surface area contributed by atoms with Crippen molar-refractivity contribution in [1.82, 2.24) is 10.0 Å². The molecule has 0 aromatic heterocycles. The van der Waals surface area contributed by atoms with Crippen molar-refractivity contribution in [2.75, 3.05) is 13.1 Å². The summed E-state index contributed by atoms with van der Waals surface area (Å²) in [5, 5.41) is 4.39. The van der Waals surface area contributed by atoms with Crippen molar-refractivity contribution in [3.05, 3.63) is 34.9 Å². The van der Waals surface area contributed by atoms with E-state index in [0.29, 0.717) is 5.92 Å². The summed E-state index contributed by atoms with van der Waals surface area (Å²) < 4.78 is 5.56. The van der Waals surface area contributed by atoms with Crippen molar-refractivity contribution in [2.24, 2.45) is 0 Å². The monoisotopic (exact) mass is 380 g/mol. The number of carbonyl (C=O) groups excluding carboxylic acids is 2. The zero-order valence-corrected chi connectivity index (χ0v) is 16.8. The molecule has 1 aromatic carbocycles. The Balaban J connectivity index is 2.06. The Morgan fingerprint density at radius 2 is 1.88 bits per heavy atom. The first-order chi connectivity index (χ1) is 12.2. The summed E-state index contributed by atoms with van der Waals surface area (Å²) in [6, 6.07) is 7.76. The molecule has 1 aliphatic heterocycles. The Kier molecular flexibility index (Phi) is 7.07. The quantitative estimate of drug-likeness (QED) is 0.697. The van der Waals surface area contributed by atoms with Gasteiger partial charge in [-0.2, -0.15) is 0 Å². The third-order valence-electron chi connectivity index (χ3n) is 4.55. The summed E-state index contributed by atoms with van der Waals surface area (Å²) in [5.41, 5.74) is 0.705. The second kappa shape index (κ2) is 8.87. The number of halogens is 1. The third-order valence-corrected chi connectivity index (χ3v) is 4.80. The van der Waals surface area contributed by atoms with Crippen molar-refractivity contribution in [2.45, 2.75) is 64.5 Å². The molecule has 1 fully saturated rings. The average molecular weight is 381 g/mol. The van der Waals surface area contributed by atoms with Crippen LogP contribution in [0.5, 0.6) is 0 Å². The third kappa shape index (κ3) is 5.71. The minimum absolute atomic E-state index is 0.227. The van der Waals surface area contributed by atoms with Gasteiger partial charge in [0.2, 0.25) is 0 Å². The lowest BCUT2D eigenvalue weighted by Crippen LogP contribution is -2.55. The van der Waals surface area contributed by atoms with Crippen LogP contribution >= 0.6 is 11.6 Å². The summed E-state index contributed by atoms with van der Waals surface area (Å²) in [5.74, 6) is 0.449. The van der Waals surface area contributed by atoms with Gasteiger partial charge >= 0.3 is 6.09 Å². The van der Waals surface area contributed by atoms with Gasteiger partial charge < -0.3 is 9.53 Å².